The van der Waals surface area contributed by atoms with Gasteiger partial charge in [0.05, 0.1) is 24.9 Å². The molecule has 1 heterocycles. The van der Waals surface area contributed by atoms with Gasteiger partial charge in [-0.15, -0.1) is 0 Å². The second-order valence-electron chi connectivity index (χ2n) is 5.52. The summed E-state index contributed by atoms with van der Waals surface area (Å²) in [5.41, 5.74) is 2.35. The SMILES string of the molecule is CCOc1ccc(C(=O)[O-])cc1/C=N\NC(=O)C(=O)NC[C@H]1CCCO1. The van der Waals surface area contributed by atoms with E-state index in [0.717, 1.165) is 12.8 Å². The molecule has 140 valence electrons. The summed E-state index contributed by atoms with van der Waals surface area (Å²) < 4.78 is 10.7. The number of carbonyl (C=O) groups is 3. The van der Waals surface area contributed by atoms with Gasteiger partial charge in [-0.2, -0.15) is 5.10 Å². The molecule has 1 fully saturated rings. The van der Waals surface area contributed by atoms with Crippen LogP contribution in [-0.4, -0.2) is 49.9 Å². The Morgan fingerprint density at radius 3 is 2.85 bits per heavy atom. The van der Waals surface area contributed by atoms with Gasteiger partial charge in [0.15, 0.2) is 0 Å². The zero-order valence-corrected chi connectivity index (χ0v) is 14.3. The molecule has 0 saturated carbocycles. The summed E-state index contributed by atoms with van der Waals surface area (Å²) in [5.74, 6) is -2.72. The van der Waals surface area contributed by atoms with Crippen LogP contribution in [-0.2, 0) is 14.3 Å². The summed E-state index contributed by atoms with van der Waals surface area (Å²) in [6.07, 6.45) is 2.90. The van der Waals surface area contributed by atoms with Crippen LogP contribution in [0.15, 0.2) is 23.3 Å². The van der Waals surface area contributed by atoms with E-state index in [-0.39, 0.29) is 18.2 Å². The molecule has 2 rings (SSSR count). The van der Waals surface area contributed by atoms with E-state index in [9.17, 15) is 19.5 Å². The predicted octanol–water partition coefficient (Wildman–Crippen LogP) is -0.806. The lowest BCUT2D eigenvalue weighted by molar-refractivity contribution is -0.255. The minimum atomic E-state index is -1.35. The van der Waals surface area contributed by atoms with Gasteiger partial charge in [0.25, 0.3) is 0 Å². The number of aromatic carboxylic acids is 1. The van der Waals surface area contributed by atoms with Crippen molar-refractivity contribution in [1.82, 2.24) is 10.7 Å². The number of ether oxygens (including phenoxy) is 2. The van der Waals surface area contributed by atoms with Gasteiger partial charge < -0.3 is 24.7 Å². The normalized spacial score (nSPS) is 16.4. The van der Waals surface area contributed by atoms with E-state index in [1.807, 2.05) is 0 Å². The second kappa shape index (κ2) is 9.52. The second-order valence-corrected chi connectivity index (χ2v) is 5.52. The number of benzene rings is 1. The first-order valence-electron chi connectivity index (χ1n) is 8.22. The number of carbonyl (C=O) groups excluding carboxylic acids is 3. The largest absolute Gasteiger partial charge is 0.545 e. The van der Waals surface area contributed by atoms with Gasteiger partial charge >= 0.3 is 11.8 Å². The van der Waals surface area contributed by atoms with Gasteiger partial charge in [0.2, 0.25) is 0 Å². The highest BCUT2D eigenvalue weighted by molar-refractivity contribution is 6.35. The predicted molar refractivity (Wildman–Crippen MR) is 89.7 cm³/mol. The Labute approximate surface area is 150 Å². The van der Waals surface area contributed by atoms with E-state index < -0.39 is 17.8 Å². The first-order chi connectivity index (χ1) is 12.5. The molecule has 1 atom stereocenters. The summed E-state index contributed by atoms with van der Waals surface area (Å²) >= 11 is 0. The monoisotopic (exact) mass is 362 g/mol. The Balaban J connectivity index is 1.93. The number of hydrazone groups is 1. The number of rotatable bonds is 7. The quantitative estimate of drug-likeness (QED) is 0.371. The van der Waals surface area contributed by atoms with E-state index >= 15 is 0 Å². The van der Waals surface area contributed by atoms with Crippen LogP contribution in [0.3, 0.4) is 0 Å². The molecular formula is C17H20N3O6-. The van der Waals surface area contributed by atoms with Crippen LogP contribution < -0.4 is 20.6 Å². The van der Waals surface area contributed by atoms with Crippen molar-refractivity contribution in [2.45, 2.75) is 25.9 Å². The summed E-state index contributed by atoms with van der Waals surface area (Å²) in [7, 11) is 0. The number of nitrogens with one attached hydrogen (secondary N) is 2. The molecule has 0 spiro atoms. The lowest BCUT2D eigenvalue weighted by atomic mass is 10.1. The van der Waals surface area contributed by atoms with Crippen LogP contribution in [0.2, 0.25) is 0 Å². The average Bonchev–Trinajstić information content (AvgIpc) is 3.14. The molecule has 9 heteroatoms. The van der Waals surface area contributed by atoms with Gasteiger partial charge in [-0.05, 0) is 43.5 Å². The molecule has 0 unspecified atom stereocenters. The molecular weight excluding hydrogens is 342 g/mol. The lowest BCUT2D eigenvalue weighted by Crippen LogP contribution is -2.41. The van der Waals surface area contributed by atoms with E-state index in [0.29, 0.717) is 24.5 Å². The molecule has 0 aromatic heterocycles. The molecule has 0 bridgehead atoms. The topological polar surface area (TPSA) is 129 Å². The molecule has 1 aliphatic rings. The van der Waals surface area contributed by atoms with Crippen molar-refractivity contribution in [2.75, 3.05) is 19.8 Å². The lowest BCUT2D eigenvalue weighted by Gasteiger charge is -2.10. The minimum absolute atomic E-state index is 0.0597. The third kappa shape index (κ3) is 5.55. The highest BCUT2D eigenvalue weighted by atomic mass is 16.5. The summed E-state index contributed by atoms with van der Waals surface area (Å²) in [5, 5.41) is 17.1. The molecule has 1 aromatic rings. The molecule has 1 aromatic carbocycles. The Kier molecular flexibility index (Phi) is 7.10. The van der Waals surface area contributed by atoms with Crippen molar-refractivity contribution in [3.05, 3.63) is 29.3 Å². The van der Waals surface area contributed by atoms with Crippen molar-refractivity contribution < 1.29 is 29.0 Å². The number of hydrogen-bond acceptors (Lipinski definition) is 7. The van der Waals surface area contributed by atoms with Crippen LogP contribution in [0.25, 0.3) is 0 Å². The van der Waals surface area contributed by atoms with Crippen molar-refractivity contribution in [3.8, 4) is 5.75 Å². The number of nitrogens with zero attached hydrogens (tertiary/aromatic N) is 1. The molecule has 26 heavy (non-hydrogen) atoms. The Bertz CT molecular complexity index is 698. The Morgan fingerprint density at radius 1 is 1.38 bits per heavy atom. The van der Waals surface area contributed by atoms with Gasteiger partial charge in [0, 0.05) is 18.7 Å². The Morgan fingerprint density at radius 2 is 2.19 bits per heavy atom. The number of carboxylic acid groups (broad SMARTS) is 1. The molecule has 0 aliphatic carbocycles. The third-order valence-corrected chi connectivity index (χ3v) is 3.64. The van der Waals surface area contributed by atoms with Crippen molar-refractivity contribution in [2.24, 2.45) is 5.10 Å². The molecule has 9 nitrogen and oxygen atoms in total. The Hall–Kier alpha value is -2.94. The van der Waals surface area contributed by atoms with Gasteiger partial charge in [-0.1, -0.05) is 0 Å². The fourth-order valence-corrected chi connectivity index (χ4v) is 2.37. The smallest absolute Gasteiger partial charge is 0.329 e. The van der Waals surface area contributed by atoms with Gasteiger partial charge in [0.1, 0.15) is 5.75 Å². The maximum Gasteiger partial charge on any atom is 0.329 e. The van der Waals surface area contributed by atoms with E-state index in [2.05, 4.69) is 15.8 Å². The minimum Gasteiger partial charge on any atom is -0.545 e. The van der Waals surface area contributed by atoms with Crippen LogP contribution >= 0.6 is 0 Å². The van der Waals surface area contributed by atoms with Crippen LogP contribution in [0.4, 0.5) is 0 Å². The molecule has 1 aliphatic heterocycles. The zero-order valence-electron chi connectivity index (χ0n) is 14.3. The summed E-state index contributed by atoms with van der Waals surface area (Å²) in [4.78, 5) is 34.3. The number of hydrogen-bond donors (Lipinski definition) is 2. The molecule has 0 radical (unpaired) electrons. The standard InChI is InChI=1S/C17H21N3O6/c1-2-25-14-6-5-11(17(23)24)8-12(14)9-19-20-16(22)15(21)18-10-13-4-3-7-26-13/h5-6,8-9,13H,2-4,7,10H2,1H3,(H,18,21)(H,20,22)(H,23,24)/p-1/b19-9-/t13-/m1/s1. The summed E-state index contributed by atoms with van der Waals surface area (Å²) in [6, 6.07) is 4.11. The van der Waals surface area contributed by atoms with Crippen molar-refractivity contribution >= 4 is 24.0 Å². The fourth-order valence-electron chi connectivity index (χ4n) is 2.37. The van der Waals surface area contributed by atoms with Gasteiger partial charge in [-0.3, -0.25) is 9.59 Å². The first kappa shape index (κ1) is 19.4. The molecule has 1 saturated heterocycles. The maximum absolute atomic E-state index is 11.7. The average molecular weight is 362 g/mol. The fraction of sp³-hybridized carbons (Fsp3) is 0.412. The van der Waals surface area contributed by atoms with Crippen LogP contribution in [0.5, 0.6) is 5.75 Å². The van der Waals surface area contributed by atoms with E-state index in [1.54, 1.807) is 6.92 Å². The van der Waals surface area contributed by atoms with Crippen LogP contribution in [0.1, 0.15) is 35.7 Å². The highest BCUT2D eigenvalue weighted by Crippen LogP contribution is 2.18. The van der Waals surface area contributed by atoms with Crippen LogP contribution in [0, 0.1) is 0 Å². The number of carboxylic acids is 1. The van der Waals surface area contributed by atoms with E-state index in [1.165, 1.54) is 24.4 Å². The third-order valence-electron chi connectivity index (χ3n) is 3.64. The first-order valence-corrected chi connectivity index (χ1v) is 8.22. The molecule has 2 N–H and O–H groups in total. The maximum atomic E-state index is 11.7. The highest BCUT2D eigenvalue weighted by Gasteiger charge is 2.19. The van der Waals surface area contributed by atoms with Gasteiger partial charge in [-0.25, -0.2) is 5.43 Å². The number of amides is 2. The zero-order chi connectivity index (χ0) is 18.9. The molecule has 2 amide bonds. The van der Waals surface area contributed by atoms with E-state index in [4.69, 9.17) is 9.47 Å². The summed E-state index contributed by atoms with van der Waals surface area (Å²) in [6.45, 7) is 3.06. The van der Waals surface area contributed by atoms with Crippen molar-refractivity contribution in [3.63, 3.8) is 0 Å². The van der Waals surface area contributed by atoms with Crippen molar-refractivity contribution in [1.29, 1.82) is 0 Å².